The highest BCUT2D eigenvalue weighted by Crippen LogP contribution is 2.29. The SMILES string of the molecule is Cc1cc(C)nc(Sc2cccc(F)c2CO)n1. The summed E-state index contributed by atoms with van der Waals surface area (Å²) in [5.74, 6) is -0.410. The molecule has 1 aromatic heterocycles. The summed E-state index contributed by atoms with van der Waals surface area (Å²) in [5.41, 5.74) is 2.02. The molecular formula is C13H13FN2OS. The molecule has 0 saturated heterocycles. The van der Waals surface area contributed by atoms with Crippen LogP contribution in [0, 0.1) is 19.7 Å². The molecule has 18 heavy (non-hydrogen) atoms. The van der Waals surface area contributed by atoms with Gasteiger partial charge in [0.05, 0.1) is 6.61 Å². The third-order valence-corrected chi connectivity index (χ3v) is 3.36. The van der Waals surface area contributed by atoms with Gasteiger partial charge in [0.15, 0.2) is 5.16 Å². The lowest BCUT2D eigenvalue weighted by Crippen LogP contribution is -1.96. The van der Waals surface area contributed by atoms with E-state index in [0.717, 1.165) is 11.4 Å². The fraction of sp³-hybridized carbons (Fsp3) is 0.231. The smallest absolute Gasteiger partial charge is 0.192 e. The van der Waals surface area contributed by atoms with E-state index in [9.17, 15) is 9.50 Å². The number of halogens is 1. The van der Waals surface area contributed by atoms with Crippen LogP contribution in [-0.4, -0.2) is 15.1 Å². The molecule has 0 bridgehead atoms. The van der Waals surface area contributed by atoms with Crippen LogP contribution in [0.15, 0.2) is 34.3 Å². The third-order valence-electron chi connectivity index (χ3n) is 2.40. The van der Waals surface area contributed by atoms with Crippen molar-refractivity contribution >= 4 is 11.8 Å². The van der Waals surface area contributed by atoms with Crippen LogP contribution in [0.1, 0.15) is 17.0 Å². The van der Waals surface area contributed by atoms with Crippen LogP contribution in [0.3, 0.4) is 0 Å². The van der Waals surface area contributed by atoms with E-state index in [1.165, 1.54) is 17.8 Å². The molecule has 0 aliphatic carbocycles. The number of hydrogen-bond acceptors (Lipinski definition) is 4. The van der Waals surface area contributed by atoms with Gasteiger partial charge in [0, 0.05) is 21.8 Å². The van der Waals surface area contributed by atoms with Crippen LogP contribution in [0.25, 0.3) is 0 Å². The predicted molar refractivity (Wildman–Crippen MR) is 68.0 cm³/mol. The van der Waals surface area contributed by atoms with E-state index in [-0.39, 0.29) is 12.2 Å². The topological polar surface area (TPSA) is 46.0 Å². The average molecular weight is 264 g/mol. The molecule has 0 atom stereocenters. The van der Waals surface area contributed by atoms with Gasteiger partial charge in [0.1, 0.15) is 5.82 Å². The van der Waals surface area contributed by atoms with Gasteiger partial charge < -0.3 is 5.11 Å². The second kappa shape index (κ2) is 5.46. The number of benzene rings is 1. The minimum absolute atomic E-state index is 0.283. The van der Waals surface area contributed by atoms with Crippen LogP contribution in [0.2, 0.25) is 0 Å². The summed E-state index contributed by atoms with van der Waals surface area (Å²) in [6.07, 6.45) is 0. The van der Waals surface area contributed by atoms with Gasteiger partial charge in [-0.05, 0) is 43.8 Å². The fourth-order valence-corrected chi connectivity index (χ4v) is 2.63. The number of nitrogens with zero attached hydrogens (tertiary/aromatic N) is 2. The van der Waals surface area contributed by atoms with Crippen LogP contribution < -0.4 is 0 Å². The maximum atomic E-state index is 13.5. The first-order valence-electron chi connectivity index (χ1n) is 5.48. The number of hydrogen-bond donors (Lipinski definition) is 1. The lowest BCUT2D eigenvalue weighted by molar-refractivity contribution is 0.272. The molecular weight excluding hydrogens is 251 g/mol. The summed E-state index contributed by atoms with van der Waals surface area (Å²) in [6, 6.07) is 6.57. The standard InChI is InChI=1S/C13H13FN2OS/c1-8-6-9(2)16-13(15-8)18-12-5-3-4-11(14)10(12)7-17/h3-6,17H,7H2,1-2H3. The molecule has 0 spiro atoms. The third kappa shape index (κ3) is 2.86. The second-order valence-electron chi connectivity index (χ2n) is 3.91. The maximum Gasteiger partial charge on any atom is 0.192 e. The molecule has 5 heteroatoms. The van der Waals surface area contributed by atoms with Crippen LogP contribution in [0.4, 0.5) is 4.39 Å². The van der Waals surface area contributed by atoms with Crippen LogP contribution >= 0.6 is 11.8 Å². The van der Waals surface area contributed by atoms with E-state index in [4.69, 9.17) is 0 Å². The monoisotopic (exact) mass is 264 g/mol. The Bertz CT molecular complexity index is 555. The highest BCUT2D eigenvalue weighted by Gasteiger charge is 2.10. The van der Waals surface area contributed by atoms with Crippen molar-refractivity contribution in [1.29, 1.82) is 0 Å². The van der Waals surface area contributed by atoms with Gasteiger partial charge in [-0.25, -0.2) is 14.4 Å². The molecule has 3 nitrogen and oxygen atoms in total. The van der Waals surface area contributed by atoms with Gasteiger partial charge in [-0.15, -0.1) is 0 Å². The lowest BCUT2D eigenvalue weighted by atomic mass is 10.2. The van der Waals surface area contributed by atoms with Gasteiger partial charge in [-0.2, -0.15) is 0 Å². The summed E-state index contributed by atoms with van der Waals surface area (Å²) < 4.78 is 13.5. The largest absolute Gasteiger partial charge is 0.392 e. The van der Waals surface area contributed by atoms with Crippen molar-refractivity contribution in [3.05, 3.63) is 47.0 Å². The van der Waals surface area contributed by atoms with Crippen LogP contribution in [0.5, 0.6) is 0 Å². The van der Waals surface area contributed by atoms with E-state index >= 15 is 0 Å². The first-order chi connectivity index (χ1) is 8.60. The van der Waals surface area contributed by atoms with Gasteiger partial charge >= 0.3 is 0 Å². The minimum Gasteiger partial charge on any atom is -0.392 e. The Morgan fingerprint density at radius 2 is 1.89 bits per heavy atom. The summed E-state index contributed by atoms with van der Waals surface area (Å²) in [5, 5.41) is 9.76. The van der Waals surface area contributed by atoms with Crippen molar-refractivity contribution in [2.24, 2.45) is 0 Å². The number of aryl methyl sites for hydroxylation is 2. The molecule has 94 valence electrons. The highest BCUT2D eigenvalue weighted by molar-refractivity contribution is 7.99. The molecule has 2 aromatic rings. The Balaban J connectivity index is 2.36. The van der Waals surface area contributed by atoms with E-state index in [0.29, 0.717) is 10.1 Å². The van der Waals surface area contributed by atoms with Gasteiger partial charge in [-0.1, -0.05) is 6.07 Å². The summed E-state index contributed by atoms with van der Waals surface area (Å²) in [7, 11) is 0. The Labute approximate surface area is 109 Å². The van der Waals surface area contributed by atoms with Crippen molar-refractivity contribution in [2.45, 2.75) is 30.5 Å². The van der Waals surface area contributed by atoms with E-state index in [1.807, 2.05) is 19.9 Å². The Morgan fingerprint density at radius 1 is 1.22 bits per heavy atom. The van der Waals surface area contributed by atoms with Gasteiger partial charge in [0.2, 0.25) is 0 Å². The molecule has 2 rings (SSSR count). The summed E-state index contributed by atoms with van der Waals surface area (Å²) in [4.78, 5) is 9.21. The Kier molecular flexibility index (Phi) is 3.93. The van der Waals surface area contributed by atoms with Crippen molar-refractivity contribution in [2.75, 3.05) is 0 Å². The van der Waals surface area contributed by atoms with Gasteiger partial charge in [0.25, 0.3) is 0 Å². The predicted octanol–water partition coefficient (Wildman–Crippen LogP) is 2.88. The summed E-state index contributed by atoms with van der Waals surface area (Å²) in [6.45, 7) is 3.44. The number of aliphatic hydroxyl groups excluding tert-OH is 1. The van der Waals surface area contributed by atoms with E-state index in [2.05, 4.69) is 9.97 Å². The quantitative estimate of drug-likeness (QED) is 0.866. The first kappa shape index (κ1) is 13.0. The van der Waals surface area contributed by atoms with Crippen molar-refractivity contribution < 1.29 is 9.50 Å². The number of aliphatic hydroxyl groups is 1. The van der Waals surface area contributed by atoms with Crippen LogP contribution in [-0.2, 0) is 6.61 Å². The molecule has 0 fully saturated rings. The van der Waals surface area contributed by atoms with Crippen molar-refractivity contribution in [3.8, 4) is 0 Å². The Morgan fingerprint density at radius 3 is 2.50 bits per heavy atom. The Hall–Kier alpha value is -1.46. The molecule has 0 aliphatic heterocycles. The minimum atomic E-state index is -0.410. The zero-order chi connectivity index (χ0) is 13.1. The van der Waals surface area contributed by atoms with E-state index in [1.54, 1.807) is 12.1 Å². The van der Waals surface area contributed by atoms with Gasteiger partial charge in [-0.3, -0.25) is 0 Å². The average Bonchev–Trinajstić information content (AvgIpc) is 2.27. The molecule has 0 unspecified atom stereocenters. The normalized spacial score (nSPS) is 10.7. The maximum absolute atomic E-state index is 13.5. The zero-order valence-corrected chi connectivity index (χ0v) is 11.0. The second-order valence-corrected chi connectivity index (χ2v) is 4.92. The molecule has 1 heterocycles. The molecule has 0 aliphatic rings. The van der Waals surface area contributed by atoms with Crippen molar-refractivity contribution in [1.82, 2.24) is 9.97 Å². The number of aromatic nitrogens is 2. The van der Waals surface area contributed by atoms with Crippen molar-refractivity contribution in [3.63, 3.8) is 0 Å². The van der Waals surface area contributed by atoms with E-state index < -0.39 is 5.82 Å². The molecule has 0 amide bonds. The molecule has 1 N–H and O–H groups in total. The zero-order valence-electron chi connectivity index (χ0n) is 10.1. The lowest BCUT2D eigenvalue weighted by Gasteiger charge is -2.07. The fourth-order valence-electron chi connectivity index (χ4n) is 1.63. The first-order valence-corrected chi connectivity index (χ1v) is 6.30. The molecule has 0 radical (unpaired) electrons. The summed E-state index contributed by atoms with van der Waals surface area (Å²) >= 11 is 1.26. The molecule has 0 saturated carbocycles. The number of rotatable bonds is 3. The molecule has 1 aromatic carbocycles. The highest BCUT2D eigenvalue weighted by atomic mass is 32.2.